The highest BCUT2D eigenvalue weighted by molar-refractivity contribution is 7.33. The minimum absolute atomic E-state index is 0.289. The molecule has 0 nitrogen and oxygen atoms in total. The van der Waals surface area contributed by atoms with E-state index in [1.807, 2.05) is 0 Å². The Morgan fingerprint density at radius 1 is 1.33 bits per heavy atom. The fourth-order valence-electron chi connectivity index (χ4n) is 0.0825. The van der Waals surface area contributed by atoms with Crippen molar-refractivity contribution >= 4 is 40.1 Å². The minimum atomic E-state index is -0.289. The predicted molar refractivity (Wildman–Crippen MR) is 33.0 cm³/mol. The second-order valence-electron chi connectivity index (χ2n) is 0.869. The summed E-state index contributed by atoms with van der Waals surface area (Å²) in [5, 5.41) is 0. The molecule has 0 atom stereocenters. The van der Waals surface area contributed by atoms with Crippen LogP contribution in [0.3, 0.4) is 0 Å². The first kappa shape index (κ1) is 6.93. The lowest BCUT2D eigenvalue weighted by atomic mass is 10.0. The molecule has 0 aromatic heterocycles. The van der Waals surface area contributed by atoms with E-state index >= 15 is 0 Å². The number of hydrogen-bond donors (Lipinski definition) is 0. The molecule has 0 N–H and O–H groups in total. The Bertz CT molecular complexity index is 30.0. The fourth-order valence-corrected chi connectivity index (χ4v) is 0.742. The van der Waals surface area contributed by atoms with Gasteiger partial charge in [0, 0.05) is 5.88 Å². The molecule has 0 saturated heterocycles. The van der Waals surface area contributed by atoms with Crippen LogP contribution in [0.4, 0.5) is 0 Å². The Kier molecular flexibility index (Phi) is 4.74. The zero-order chi connectivity index (χ0) is 4.99. The van der Waals surface area contributed by atoms with Gasteiger partial charge in [-0.05, 0) is 6.32 Å². The van der Waals surface area contributed by atoms with Crippen molar-refractivity contribution in [2.24, 2.45) is 0 Å². The third-order valence-electron chi connectivity index (χ3n) is 0.327. The molecule has 4 heteroatoms. The van der Waals surface area contributed by atoms with Gasteiger partial charge in [0.25, 0.3) is 0 Å². The Balaban J connectivity index is 2.63. The van der Waals surface area contributed by atoms with E-state index in [0.717, 1.165) is 0 Å². The highest BCUT2D eigenvalue weighted by atomic mass is 35.5. The zero-order valence-corrected chi connectivity index (χ0v) is 5.39. The molecule has 0 fully saturated rings. The predicted octanol–water partition coefficient (Wildman–Crippen LogP) is 2.19. The van der Waals surface area contributed by atoms with E-state index in [9.17, 15) is 0 Å². The van der Waals surface area contributed by atoms with E-state index in [0.29, 0.717) is 12.2 Å². The smallest absolute Gasteiger partial charge is 0.171 e. The molecular weight excluding hydrogens is 141 g/mol. The van der Waals surface area contributed by atoms with Crippen LogP contribution in [0.25, 0.3) is 0 Å². The van der Waals surface area contributed by atoms with Gasteiger partial charge in [-0.25, -0.2) is 0 Å². The molecule has 0 spiro atoms. The lowest BCUT2D eigenvalue weighted by Gasteiger charge is -1.83. The van der Waals surface area contributed by atoms with Crippen molar-refractivity contribution in [3.05, 3.63) is 0 Å². The van der Waals surface area contributed by atoms with Gasteiger partial charge in [-0.1, -0.05) is 0 Å². The zero-order valence-electron chi connectivity index (χ0n) is 3.13. The van der Waals surface area contributed by atoms with E-state index < -0.39 is 0 Å². The van der Waals surface area contributed by atoms with Gasteiger partial charge in [-0.15, -0.1) is 11.6 Å². The summed E-state index contributed by atoms with van der Waals surface area (Å²) in [6, 6.07) is 0. The lowest BCUT2D eigenvalue weighted by molar-refractivity contribution is 1.48. The van der Waals surface area contributed by atoms with Gasteiger partial charge < -0.3 is 0 Å². The summed E-state index contributed by atoms with van der Waals surface area (Å²) >= 11 is 15.7. The second-order valence-corrected chi connectivity index (χ2v) is 2.52. The van der Waals surface area contributed by atoms with E-state index in [1.54, 1.807) is 0 Å². The molecule has 6 heavy (non-hydrogen) atoms. The van der Waals surface area contributed by atoms with Crippen LogP contribution in [0.5, 0.6) is 0 Å². The quantitative estimate of drug-likeness (QED) is 0.413. The summed E-state index contributed by atoms with van der Waals surface area (Å²) in [5.41, 5.74) is -0.289. The molecule has 0 aliphatic carbocycles. The van der Waals surface area contributed by atoms with Crippen LogP contribution >= 0.6 is 34.5 Å². The molecule has 0 aromatic rings. The standard InChI is InChI=1S/C2H4BCl3/c4-2-1-3(5)6/h1-2H2. The Labute approximate surface area is 52.7 Å². The van der Waals surface area contributed by atoms with Crippen LogP contribution in [-0.2, 0) is 0 Å². The molecule has 0 radical (unpaired) electrons. The molecule has 0 saturated carbocycles. The van der Waals surface area contributed by atoms with Gasteiger partial charge in [0.2, 0.25) is 0 Å². The van der Waals surface area contributed by atoms with E-state index in [1.165, 1.54) is 0 Å². The fraction of sp³-hybridized carbons (Fsp3) is 1.00. The third kappa shape index (κ3) is 4.93. The van der Waals surface area contributed by atoms with Crippen LogP contribution in [0.15, 0.2) is 0 Å². The average molecular weight is 145 g/mol. The molecule has 36 valence electrons. The number of rotatable bonds is 2. The van der Waals surface area contributed by atoms with Gasteiger partial charge in [0.1, 0.15) is 0 Å². The molecule has 0 amide bonds. The van der Waals surface area contributed by atoms with Crippen LogP contribution < -0.4 is 0 Å². The number of hydrogen-bond acceptors (Lipinski definition) is 0. The number of halogens is 3. The van der Waals surface area contributed by atoms with Gasteiger partial charge in [-0.3, -0.25) is 0 Å². The Hall–Kier alpha value is 0.935. The molecule has 0 rings (SSSR count). The topological polar surface area (TPSA) is 0 Å². The highest BCUT2D eigenvalue weighted by Gasteiger charge is 2.00. The second kappa shape index (κ2) is 4.10. The molecule has 0 aromatic carbocycles. The number of alkyl halides is 1. The van der Waals surface area contributed by atoms with Gasteiger partial charge >= 0.3 is 5.54 Å². The largest absolute Gasteiger partial charge is 0.352 e. The van der Waals surface area contributed by atoms with Gasteiger partial charge in [0.05, 0.1) is 0 Å². The average Bonchev–Trinajstić information content (AvgIpc) is 1.35. The molecular formula is C2H4BCl3. The molecule has 0 heterocycles. The first-order chi connectivity index (χ1) is 2.77. The van der Waals surface area contributed by atoms with Gasteiger partial charge in [-0.2, -0.15) is 22.9 Å². The maximum absolute atomic E-state index is 5.26. The normalized spacial score (nSPS) is 8.50. The lowest BCUT2D eigenvalue weighted by Crippen LogP contribution is -1.90. The SMILES string of the molecule is ClCCB(Cl)Cl. The van der Waals surface area contributed by atoms with Crippen LogP contribution in [-0.4, -0.2) is 11.4 Å². The highest BCUT2D eigenvalue weighted by Crippen LogP contribution is 2.02. The van der Waals surface area contributed by atoms with E-state index in [-0.39, 0.29) is 5.54 Å². The Morgan fingerprint density at radius 2 is 1.83 bits per heavy atom. The maximum atomic E-state index is 5.26. The molecule has 0 aliphatic heterocycles. The summed E-state index contributed by atoms with van der Waals surface area (Å²) in [6.45, 7) is 0. The van der Waals surface area contributed by atoms with Crippen LogP contribution in [0.2, 0.25) is 6.32 Å². The van der Waals surface area contributed by atoms with E-state index in [2.05, 4.69) is 0 Å². The van der Waals surface area contributed by atoms with Crippen molar-refractivity contribution in [2.75, 3.05) is 5.88 Å². The van der Waals surface area contributed by atoms with Crippen molar-refractivity contribution < 1.29 is 0 Å². The maximum Gasteiger partial charge on any atom is 0.352 e. The summed E-state index contributed by atoms with van der Waals surface area (Å²) in [4.78, 5) is 0. The minimum Gasteiger partial charge on any atom is -0.171 e. The first-order valence-corrected chi connectivity index (χ1v) is 3.02. The summed E-state index contributed by atoms with van der Waals surface area (Å²) in [6.07, 6.45) is 0.671. The van der Waals surface area contributed by atoms with Crippen molar-refractivity contribution in [1.29, 1.82) is 0 Å². The van der Waals surface area contributed by atoms with Crippen molar-refractivity contribution in [3.63, 3.8) is 0 Å². The first-order valence-electron chi connectivity index (χ1n) is 1.61. The van der Waals surface area contributed by atoms with E-state index in [4.69, 9.17) is 34.5 Å². The summed E-state index contributed by atoms with van der Waals surface area (Å²) in [5.74, 6) is 0.539. The molecule has 0 aliphatic rings. The third-order valence-corrected chi connectivity index (χ3v) is 0.982. The summed E-state index contributed by atoms with van der Waals surface area (Å²) < 4.78 is 0. The molecule has 0 bridgehead atoms. The van der Waals surface area contributed by atoms with Crippen LogP contribution in [0, 0.1) is 0 Å². The van der Waals surface area contributed by atoms with Crippen LogP contribution in [0.1, 0.15) is 0 Å². The van der Waals surface area contributed by atoms with Crippen molar-refractivity contribution in [2.45, 2.75) is 6.32 Å². The van der Waals surface area contributed by atoms with Gasteiger partial charge in [0.15, 0.2) is 0 Å². The molecule has 0 unspecified atom stereocenters. The Morgan fingerprint density at radius 3 is 1.83 bits per heavy atom. The van der Waals surface area contributed by atoms with Crippen molar-refractivity contribution in [3.8, 4) is 0 Å². The monoisotopic (exact) mass is 144 g/mol. The summed E-state index contributed by atoms with van der Waals surface area (Å²) in [7, 11) is 0. The van der Waals surface area contributed by atoms with Crippen molar-refractivity contribution in [1.82, 2.24) is 0 Å².